The summed E-state index contributed by atoms with van der Waals surface area (Å²) in [7, 11) is 1.50. The van der Waals surface area contributed by atoms with Crippen LogP contribution in [0.5, 0.6) is 5.75 Å². The van der Waals surface area contributed by atoms with E-state index in [1.54, 1.807) is 6.07 Å². The van der Waals surface area contributed by atoms with Crippen LogP contribution in [-0.4, -0.2) is 15.0 Å². The Kier molecular flexibility index (Phi) is 3.80. The Labute approximate surface area is 95.6 Å². The van der Waals surface area contributed by atoms with Crippen LogP contribution in [0.3, 0.4) is 0 Å². The Balaban J connectivity index is 3.13. The van der Waals surface area contributed by atoms with E-state index in [9.17, 15) is 8.42 Å². The summed E-state index contributed by atoms with van der Waals surface area (Å²) in [6, 6.07) is 4.37. The second kappa shape index (κ2) is 4.51. The van der Waals surface area contributed by atoms with Crippen LogP contribution in [0.1, 0.15) is 6.92 Å². The molecule has 14 heavy (non-hydrogen) atoms. The van der Waals surface area contributed by atoms with Crippen molar-refractivity contribution in [3.05, 3.63) is 22.7 Å². The number of hydrogen-bond acceptors (Lipinski definition) is 3. The molecule has 0 unspecified atom stereocenters. The zero-order chi connectivity index (χ0) is 10.8. The van der Waals surface area contributed by atoms with Gasteiger partial charge in [0.2, 0.25) is 0 Å². The van der Waals surface area contributed by atoms with Gasteiger partial charge in [0, 0.05) is 10.7 Å². The van der Waals surface area contributed by atoms with Crippen molar-refractivity contribution in [1.82, 2.24) is 0 Å². The lowest BCUT2D eigenvalue weighted by molar-refractivity contribution is 0.338. The van der Waals surface area contributed by atoms with Gasteiger partial charge in [0.25, 0.3) is 9.05 Å². The van der Waals surface area contributed by atoms with Crippen molar-refractivity contribution >= 4 is 35.7 Å². The van der Waals surface area contributed by atoms with Crippen molar-refractivity contribution in [1.29, 1.82) is 0 Å². The molecule has 0 aromatic heterocycles. The molecule has 0 N–H and O–H groups in total. The molecule has 0 fully saturated rings. The molecule has 0 saturated carbocycles. The van der Waals surface area contributed by atoms with Gasteiger partial charge in [-0.25, -0.2) is 8.42 Å². The van der Waals surface area contributed by atoms with Crippen LogP contribution in [0.15, 0.2) is 27.6 Å². The Morgan fingerprint density at radius 3 is 2.57 bits per heavy atom. The average molecular weight is 300 g/mol. The fourth-order valence-electron chi connectivity index (χ4n) is 0.906. The molecule has 0 heterocycles. The number of ether oxygens (including phenoxy) is 1. The molecular weight excluding hydrogens is 292 g/mol. The van der Waals surface area contributed by atoms with Crippen molar-refractivity contribution in [2.24, 2.45) is 0 Å². The molecule has 0 spiro atoms. The SMILES string of the molecule is CCOc1ccc(S(=O)(=O)Cl)cc1Br. The van der Waals surface area contributed by atoms with Crippen LogP contribution in [0.2, 0.25) is 0 Å². The molecule has 0 bridgehead atoms. The van der Waals surface area contributed by atoms with Gasteiger partial charge in [-0.1, -0.05) is 0 Å². The molecule has 0 radical (unpaired) electrons. The molecule has 1 rings (SSSR count). The van der Waals surface area contributed by atoms with Gasteiger partial charge >= 0.3 is 0 Å². The van der Waals surface area contributed by atoms with Crippen LogP contribution in [-0.2, 0) is 9.05 Å². The summed E-state index contributed by atoms with van der Waals surface area (Å²) in [6.45, 7) is 2.37. The van der Waals surface area contributed by atoms with Gasteiger partial charge in [0.15, 0.2) is 0 Å². The van der Waals surface area contributed by atoms with E-state index in [-0.39, 0.29) is 4.90 Å². The second-order valence-corrected chi connectivity index (χ2v) is 5.88. The number of benzene rings is 1. The second-order valence-electron chi connectivity index (χ2n) is 2.46. The first-order valence-corrected chi connectivity index (χ1v) is 6.92. The summed E-state index contributed by atoms with van der Waals surface area (Å²) in [4.78, 5) is 0.0505. The van der Waals surface area contributed by atoms with E-state index in [0.717, 1.165) is 0 Å². The Hall–Kier alpha value is -0.260. The molecule has 6 heteroatoms. The van der Waals surface area contributed by atoms with E-state index < -0.39 is 9.05 Å². The summed E-state index contributed by atoms with van der Waals surface area (Å²) >= 11 is 3.19. The van der Waals surface area contributed by atoms with Gasteiger partial charge < -0.3 is 4.74 Å². The fourth-order valence-corrected chi connectivity index (χ4v) is 2.33. The highest BCUT2D eigenvalue weighted by atomic mass is 79.9. The lowest BCUT2D eigenvalue weighted by Gasteiger charge is -2.05. The van der Waals surface area contributed by atoms with E-state index in [2.05, 4.69) is 15.9 Å². The number of halogens is 2. The third-order valence-electron chi connectivity index (χ3n) is 1.48. The first-order chi connectivity index (χ1) is 6.45. The molecule has 0 amide bonds. The van der Waals surface area contributed by atoms with E-state index in [1.807, 2.05) is 6.92 Å². The maximum absolute atomic E-state index is 11.0. The average Bonchev–Trinajstić information content (AvgIpc) is 2.07. The van der Waals surface area contributed by atoms with Crippen LogP contribution >= 0.6 is 26.6 Å². The monoisotopic (exact) mass is 298 g/mol. The fraction of sp³-hybridized carbons (Fsp3) is 0.250. The Bertz CT molecular complexity index is 430. The lowest BCUT2D eigenvalue weighted by Crippen LogP contribution is -1.95. The smallest absolute Gasteiger partial charge is 0.261 e. The summed E-state index contributed by atoms with van der Waals surface area (Å²) < 4.78 is 27.7. The maximum atomic E-state index is 11.0. The zero-order valence-corrected chi connectivity index (χ0v) is 10.5. The van der Waals surface area contributed by atoms with Crippen LogP contribution < -0.4 is 4.74 Å². The van der Waals surface area contributed by atoms with Gasteiger partial charge in [-0.3, -0.25) is 0 Å². The molecule has 0 aliphatic carbocycles. The third kappa shape index (κ3) is 2.87. The van der Waals surface area contributed by atoms with E-state index in [0.29, 0.717) is 16.8 Å². The maximum Gasteiger partial charge on any atom is 0.261 e. The molecule has 0 aliphatic heterocycles. The first kappa shape index (κ1) is 11.8. The third-order valence-corrected chi connectivity index (χ3v) is 3.46. The van der Waals surface area contributed by atoms with E-state index in [1.165, 1.54) is 12.1 Å². The zero-order valence-electron chi connectivity index (χ0n) is 7.33. The van der Waals surface area contributed by atoms with Crippen molar-refractivity contribution in [2.45, 2.75) is 11.8 Å². The van der Waals surface area contributed by atoms with Gasteiger partial charge in [-0.2, -0.15) is 0 Å². The Morgan fingerprint density at radius 2 is 2.14 bits per heavy atom. The van der Waals surface area contributed by atoms with Crippen molar-refractivity contribution in [3.8, 4) is 5.75 Å². The minimum absolute atomic E-state index is 0.0505. The molecule has 0 saturated heterocycles. The molecule has 0 aliphatic rings. The lowest BCUT2D eigenvalue weighted by atomic mass is 10.3. The predicted octanol–water partition coefficient (Wildman–Crippen LogP) is 2.78. The van der Waals surface area contributed by atoms with Crippen LogP contribution in [0.4, 0.5) is 0 Å². The molecular formula is C8H8BrClO3S. The van der Waals surface area contributed by atoms with Crippen molar-refractivity contribution < 1.29 is 13.2 Å². The van der Waals surface area contributed by atoms with Gasteiger partial charge in [0.05, 0.1) is 16.0 Å². The summed E-state index contributed by atoms with van der Waals surface area (Å²) in [5.41, 5.74) is 0. The molecule has 78 valence electrons. The highest BCUT2D eigenvalue weighted by molar-refractivity contribution is 9.10. The summed E-state index contributed by atoms with van der Waals surface area (Å²) in [5, 5.41) is 0. The number of hydrogen-bond donors (Lipinski definition) is 0. The van der Waals surface area contributed by atoms with Crippen molar-refractivity contribution in [2.75, 3.05) is 6.61 Å². The topological polar surface area (TPSA) is 43.4 Å². The highest BCUT2D eigenvalue weighted by Gasteiger charge is 2.12. The standard InChI is InChI=1S/C8H8BrClO3S/c1-2-13-8-4-3-6(5-7(8)9)14(10,11)12/h3-5H,2H2,1H3. The Morgan fingerprint density at radius 1 is 1.50 bits per heavy atom. The minimum atomic E-state index is -3.67. The van der Waals surface area contributed by atoms with E-state index in [4.69, 9.17) is 15.4 Å². The van der Waals surface area contributed by atoms with Gasteiger partial charge in [0.1, 0.15) is 5.75 Å². The minimum Gasteiger partial charge on any atom is -0.493 e. The predicted molar refractivity (Wildman–Crippen MR) is 58.3 cm³/mol. The molecule has 1 aromatic carbocycles. The van der Waals surface area contributed by atoms with Crippen LogP contribution in [0.25, 0.3) is 0 Å². The molecule has 1 aromatic rings. The van der Waals surface area contributed by atoms with Gasteiger partial charge in [-0.05, 0) is 41.1 Å². The van der Waals surface area contributed by atoms with Crippen molar-refractivity contribution in [3.63, 3.8) is 0 Å². The molecule has 3 nitrogen and oxygen atoms in total. The highest BCUT2D eigenvalue weighted by Crippen LogP contribution is 2.28. The normalized spacial score (nSPS) is 11.4. The first-order valence-electron chi connectivity index (χ1n) is 3.82. The largest absolute Gasteiger partial charge is 0.493 e. The summed E-state index contributed by atoms with van der Waals surface area (Å²) in [5.74, 6) is 0.594. The van der Waals surface area contributed by atoms with E-state index >= 15 is 0 Å². The summed E-state index contributed by atoms with van der Waals surface area (Å²) in [6.07, 6.45) is 0. The quantitative estimate of drug-likeness (QED) is 0.806. The number of rotatable bonds is 3. The molecule has 0 atom stereocenters. The van der Waals surface area contributed by atoms with Gasteiger partial charge in [-0.15, -0.1) is 0 Å². The van der Waals surface area contributed by atoms with Crippen LogP contribution in [0, 0.1) is 0 Å².